The fourth-order valence-corrected chi connectivity index (χ4v) is 4.15. The molecule has 3 rings (SSSR count). The van der Waals surface area contributed by atoms with Gasteiger partial charge in [0.2, 0.25) is 0 Å². The topological polar surface area (TPSA) is 29.7 Å². The van der Waals surface area contributed by atoms with E-state index >= 15 is 0 Å². The second kappa shape index (κ2) is 8.11. The third-order valence-electron chi connectivity index (χ3n) is 5.21. The lowest BCUT2D eigenvalue weighted by Crippen LogP contribution is -3.11. The summed E-state index contributed by atoms with van der Waals surface area (Å²) in [5.74, 6) is 0.227. The van der Waals surface area contributed by atoms with E-state index in [0.717, 1.165) is 6.54 Å². The number of likely N-dealkylation sites (tertiary alicyclic amines) is 1. The molecule has 1 saturated heterocycles. The number of nitrogens with zero attached hydrogens (tertiary/aromatic N) is 2. The minimum absolute atomic E-state index is 0.227. The first-order chi connectivity index (χ1) is 12.1. The number of thioether (sulfide) groups is 1. The second-order valence-corrected chi connectivity index (χ2v) is 7.80. The van der Waals surface area contributed by atoms with Crippen molar-refractivity contribution in [2.24, 2.45) is 7.05 Å². The van der Waals surface area contributed by atoms with Gasteiger partial charge in [0.15, 0.2) is 6.54 Å². The molecule has 1 aromatic heterocycles. The zero-order valence-corrected chi connectivity index (χ0v) is 16.2. The molecular formula is C20H28N3OS+. The Morgan fingerprint density at radius 2 is 2.08 bits per heavy atom. The van der Waals surface area contributed by atoms with Crippen LogP contribution in [0.2, 0.25) is 0 Å². The maximum atomic E-state index is 12.7. The van der Waals surface area contributed by atoms with E-state index in [1.54, 1.807) is 11.8 Å². The highest BCUT2D eigenvalue weighted by atomic mass is 32.2. The second-order valence-electron chi connectivity index (χ2n) is 6.92. The molecule has 1 aromatic carbocycles. The molecule has 1 amide bonds. The Labute approximate surface area is 154 Å². The van der Waals surface area contributed by atoms with E-state index in [-0.39, 0.29) is 5.91 Å². The van der Waals surface area contributed by atoms with Crippen LogP contribution >= 0.6 is 11.8 Å². The Kier molecular flexibility index (Phi) is 5.86. The highest BCUT2D eigenvalue weighted by Gasteiger charge is 2.33. The number of aromatic nitrogens is 1. The van der Waals surface area contributed by atoms with Crippen LogP contribution in [0, 0.1) is 0 Å². The minimum Gasteiger partial charge on any atom is -0.350 e. The molecule has 0 bridgehead atoms. The molecule has 25 heavy (non-hydrogen) atoms. The van der Waals surface area contributed by atoms with Gasteiger partial charge in [-0.3, -0.25) is 4.79 Å². The zero-order chi connectivity index (χ0) is 17.8. The van der Waals surface area contributed by atoms with Crippen molar-refractivity contribution in [2.75, 3.05) is 26.4 Å². The Hall–Kier alpha value is -1.72. The molecule has 134 valence electrons. The number of benzene rings is 1. The third-order valence-corrected chi connectivity index (χ3v) is 5.95. The van der Waals surface area contributed by atoms with Crippen LogP contribution < -0.4 is 4.90 Å². The zero-order valence-electron chi connectivity index (χ0n) is 15.4. The van der Waals surface area contributed by atoms with Gasteiger partial charge in [-0.15, -0.1) is 11.8 Å². The van der Waals surface area contributed by atoms with Crippen molar-refractivity contribution >= 4 is 17.7 Å². The molecule has 2 heterocycles. The van der Waals surface area contributed by atoms with Gasteiger partial charge in [-0.05, 0) is 36.1 Å². The standard InChI is InChI=1S/C20H27N3OS/c1-21-12-4-6-18(21)19-7-5-13-23(19)15-20(24)22(2)14-16-8-10-17(25-3)11-9-16/h4,6,8-12,19H,5,7,13-15H2,1-3H3/p+1/t19-/m1/s1. The Morgan fingerprint density at radius 3 is 2.72 bits per heavy atom. The first-order valence-corrected chi connectivity index (χ1v) is 10.1. The Morgan fingerprint density at radius 1 is 1.32 bits per heavy atom. The summed E-state index contributed by atoms with van der Waals surface area (Å²) >= 11 is 1.74. The van der Waals surface area contributed by atoms with Crippen molar-refractivity contribution in [3.8, 4) is 0 Å². The van der Waals surface area contributed by atoms with Gasteiger partial charge in [-0.1, -0.05) is 12.1 Å². The molecule has 1 aliphatic heterocycles. The SMILES string of the molecule is CSc1ccc(CN(C)C(=O)C[NH+]2CCC[C@@H]2c2cccn2C)cc1. The van der Waals surface area contributed by atoms with Crippen LogP contribution in [0.25, 0.3) is 0 Å². The molecule has 1 unspecified atom stereocenters. The summed E-state index contributed by atoms with van der Waals surface area (Å²) in [5, 5.41) is 0. The fourth-order valence-electron chi connectivity index (χ4n) is 3.74. The lowest BCUT2D eigenvalue weighted by Gasteiger charge is -2.24. The summed E-state index contributed by atoms with van der Waals surface area (Å²) in [4.78, 5) is 17.2. The number of quaternary nitrogens is 1. The van der Waals surface area contributed by atoms with Crippen molar-refractivity contribution in [1.29, 1.82) is 0 Å². The summed E-state index contributed by atoms with van der Waals surface area (Å²) in [6, 6.07) is 13.2. The van der Waals surface area contributed by atoms with Crippen LogP contribution in [0.3, 0.4) is 0 Å². The summed E-state index contributed by atoms with van der Waals surface area (Å²) in [6.45, 7) is 2.34. The van der Waals surface area contributed by atoms with Crippen molar-refractivity contribution < 1.29 is 9.69 Å². The molecular weight excluding hydrogens is 330 g/mol. The van der Waals surface area contributed by atoms with E-state index in [1.165, 1.54) is 33.9 Å². The number of likely N-dealkylation sites (N-methyl/N-ethyl adjacent to an activating group) is 1. The van der Waals surface area contributed by atoms with Gasteiger partial charge in [-0.2, -0.15) is 0 Å². The maximum Gasteiger partial charge on any atom is 0.277 e. The van der Waals surface area contributed by atoms with Crippen LogP contribution in [0.4, 0.5) is 0 Å². The number of amides is 1. The van der Waals surface area contributed by atoms with Gasteiger partial charge < -0.3 is 14.4 Å². The lowest BCUT2D eigenvalue weighted by atomic mass is 10.1. The van der Waals surface area contributed by atoms with Crippen LogP contribution in [0.15, 0.2) is 47.5 Å². The molecule has 2 atom stereocenters. The monoisotopic (exact) mass is 358 g/mol. The van der Waals surface area contributed by atoms with Gasteiger partial charge >= 0.3 is 0 Å². The van der Waals surface area contributed by atoms with Crippen LogP contribution in [-0.4, -0.2) is 41.8 Å². The number of carbonyl (C=O) groups is 1. The van der Waals surface area contributed by atoms with E-state index in [0.29, 0.717) is 19.1 Å². The molecule has 1 aliphatic rings. The number of rotatable bonds is 6. The largest absolute Gasteiger partial charge is 0.350 e. The normalized spacial score (nSPS) is 20.0. The van der Waals surface area contributed by atoms with E-state index < -0.39 is 0 Å². The Bertz CT molecular complexity index is 710. The number of nitrogens with one attached hydrogen (secondary N) is 1. The third kappa shape index (κ3) is 4.28. The van der Waals surface area contributed by atoms with Crippen LogP contribution in [-0.2, 0) is 18.4 Å². The highest BCUT2D eigenvalue weighted by molar-refractivity contribution is 7.98. The summed E-state index contributed by atoms with van der Waals surface area (Å²) in [6.07, 6.45) is 6.53. The van der Waals surface area contributed by atoms with Gasteiger partial charge in [0.1, 0.15) is 6.04 Å². The molecule has 0 aliphatic carbocycles. The molecule has 5 heteroatoms. The van der Waals surface area contributed by atoms with Gasteiger partial charge in [0, 0.05) is 44.6 Å². The molecule has 1 N–H and O–H groups in total. The van der Waals surface area contributed by atoms with Gasteiger partial charge in [-0.25, -0.2) is 0 Å². The van der Waals surface area contributed by atoms with E-state index in [1.807, 2.05) is 11.9 Å². The Balaban J connectivity index is 1.59. The molecule has 2 aromatic rings. The number of hydrogen-bond acceptors (Lipinski definition) is 2. The highest BCUT2D eigenvalue weighted by Crippen LogP contribution is 2.19. The lowest BCUT2D eigenvalue weighted by molar-refractivity contribution is -0.911. The minimum atomic E-state index is 0.227. The van der Waals surface area contributed by atoms with Gasteiger partial charge in [0.05, 0.1) is 12.2 Å². The van der Waals surface area contributed by atoms with Crippen LogP contribution in [0.1, 0.15) is 30.1 Å². The molecule has 0 saturated carbocycles. The van der Waals surface area contributed by atoms with E-state index in [9.17, 15) is 4.79 Å². The number of carbonyl (C=O) groups excluding carboxylic acids is 1. The molecule has 1 fully saturated rings. The smallest absolute Gasteiger partial charge is 0.277 e. The van der Waals surface area contributed by atoms with Gasteiger partial charge in [0.25, 0.3) is 5.91 Å². The maximum absolute atomic E-state index is 12.7. The predicted molar refractivity (Wildman–Crippen MR) is 103 cm³/mol. The quantitative estimate of drug-likeness (QED) is 0.802. The predicted octanol–water partition coefficient (Wildman–Crippen LogP) is 2.13. The first-order valence-electron chi connectivity index (χ1n) is 8.91. The van der Waals surface area contributed by atoms with E-state index in [2.05, 4.69) is 60.5 Å². The van der Waals surface area contributed by atoms with Crippen LogP contribution in [0.5, 0.6) is 0 Å². The molecule has 0 spiro atoms. The molecule has 0 radical (unpaired) electrons. The fraction of sp³-hybridized carbons (Fsp3) is 0.450. The van der Waals surface area contributed by atoms with Crippen molar-refractivity contribution in [3.05, 3.63) is 53.9 Å². The first kappa shape index (κ1) is 18.1. The van der Waals surface area contributed by atoms with Crippen molar-refractivity contribution in [2.45, 2.75) is 30.3 Å². The summed E-state index contributed by atoms with van der Waals surface area (Å²) < 4.78 is 2.19. The van der Waals surface area contributed by atoms with Crippen molar-refractivity contribution in [1.82, 2.24) is 9.47 Å². The summed E-state index contributed by atoms with van der Waals surface area (Å²) in [7, 11) is 4.01. The van der Waals surface area contributed by atoms with E-state index in [4.69, 9.17) is 0 Å². The number of aryl methyl sites for hydroxylation is 1. The average Bonchev–Trinajstić information content (AvgIpc) is 3.23. The molecule has 4 nitrogen and oxygen atoms in total. The number of hydrogen-bond donors (Lipinski definition) is 1. The summed E-state index contributed by atoms with van der Waals surface area (Å²) in [5.41, 5.74) is 2.53. The average molecular weight is 359 g/mol. The van der Waals surface area contributed by atoms with Crippen molar-refractivity contribution in [3.63, 3.8) is 0 Å².